The molecule has 0 aliphatic carbocycles. The quantitative estimate of drug-likeness (QED) is 0.734. The van der Waals surface area contributed by atoms with Crippen LogP contribution in [0.2, 0.25) is 0 Å². The average Bonchev–Trinajstić information content (AvgIpc) is 2.80. The van der Waals surface area contributed by atoms with E-state index in [-0.39, 0.29) is 5.91 Å². The molecule has 2 saturated heterocycles. The molecular formula is C19H26F2N4O2. The Balaban J connectivity index is 1.52. The van der Waals surface area contributed by atoms with E-state index in [0.717, 1.165) is 25.9 Å². The van der Waals surface area contributed by atoms with E-state index in [2.05, 4.69) is 20.9 Å². The van der Waals surface area contributed by atoms with Crippen molar-refractivity contribution < 1.29 is 18.4 Å². The fourth-order valence-corrected chi connectivity index (χ4v) is 3.50. The van der Waals surface area contributed by atoms with Crippen LogP contribution in [0.15, 0.2) is 24.3 Å². The van der Waals surface area contributed by atoms with E-state index in [1.165, 1.54) is 12.8 Å². The molecule has 1 unspecified atom stereocenters. The molecule has 6 nitrogen and oxygen atoms in total. The van der Waals surface area contributed by atoms with E-state index in [9.17, 15) is 18.4 Å². The molecule has 27 heavy (non-hydrogen) atoms. The molecule has 0 aromatic heterocycles. The summed E-state index contributed by atoms with van der Waals surface area (Å²) >= 11 is 0. The molecule has 0 spiro atoms. The summed E-state index contributed by atoms with van der Waals surface area (Å²) in [6, 6.07) is 5.81. The minimum absolute atomic E-state index is 0.0996. The van der Waals surface area contributed by atoms with Gasteiger partial charge < -0.3 is 10.6 Å². The topological polar surface area (TPSA) is 73.5 Å². The van der Waals surface area contributed by atoms with Crippen molar-refractivity contribution in [1.82, 2.24) is 10.2 Å². The van der Waals surface area contributed by atoms with Gasteiger partial charge in [0.25, 0.3) is 5.92 Å². The van der Waals surface area contributed by atoms with Crippen LogP contribution in [-0.4, -0.2) is 54.9 Å². The predicted octanol–water partition coefficient (Wildman–Crippen LogP) is 2.44. The van der Waals surface area contributed by atoms with Crippen LogP contribution in [0.25, 0.3) is 0 Å². The molecule has 8 heteroatoms. The Morgan fingerprint density at radius 1 is 1.11 bits per heavy atom. The van der Waals surface area contributed by atoms with Crippen LogP contribution in [0, 0.1) is 0 Å². The van der Waals surface area contributed by atoms with Crippen molar-refractivity contribution in [2.45, 2.75) is 44.1 Å². The first-order valence-corrected chi connectivity index (χ1v) is 9.46. The van der Waals surface area contributed by atoms with Gasteiger partial charge in [-0.3, -0.25) is 19.8 Å². The second-order valence-electron chi connectivity index (χ2n) is 7.30. The van der Waals surface area contributed by atoms with Crippen molar-refractivity contribution in [2.24, 2.45) is 0 Å². The highest BCUT2D eigenvalue weighted by Crippen LogP contribution is 2.26. The Hall–Kier alpha value is -2.06. The van der Waals surface area contributed by atoms with Gasteiger partial charge in [0, 0.05) is 17.8 Å². The van der Waals surface area contributed by atoms with Gasteiger partial charge in [0.15, 0.2) is 0 Å². The summed E-state index contributed by atoms with van der Waals surface area (Å²) in [4.78, 5) is 26.6. The summed E-state index contributed by atoms with van der Waals surface area (Å²) in [5.74, 6) is -3.46. The number of halogens is 2. The summed E-state index contributed by atoms with van der Waals surface area (Å²) in [7, 11) is 0. The zero-order chi connectivity index (χ0) is 19.3. The first-order chi connectivity index (χ1) is 12.9. The van der Waals surface area contributed by atoms with Crippen molar-refractivity contribution in [3.63, 3.8) is 0 Å². The molecule has 2 aliphatic heterocycles. The number of nitrogens with zero attached hydrogens (tertiary/aromatic N) is 1. The van der Waals surface area contributed by atoms with Gasteiger partial charge in [-0.2, -0.15) is 0 Å². The number of rotatable bonds is 5. The SMILES string of the molecule is O=C(CN1CCCCCC1)Nc1cccc(NC(=O)C2CC(F)(F)CN2)c1. The molecule has 0 saturated carbocycles. The Labute approximate surface area is 157 Å². The molecule has 1 atom stereocenters. The van der Waals surface area contributed by atoms with Gasteiger partial charge in [-0.1, -0.05) is 18.9 Å². The maximum absolute atomic E-state index is 13.2. The zero-order valence-corrected chi connectivity index (χ0v) is 15.3. The lowest BCUT2D eigenvalue weighted by Gasteiger charge is -2.19. The van der Waals surface area contributed by atoms with Crippen LogP contribution in [0.5, 0.6) is 0 Å². The van der Waals surface area contributed by atoms with Crippen LogP contribution in [-0.2, 0) is 9.59 Å². The first-order valence-electron chi connectivity index (χ1n) is 9.46. The summed E-state index contributed by atoms with van der Waals surface area (Å²) in [6.07, 6.45) is 4.14. The molecule has 2 aliphatic rings. The molecule has 2 heterocycles. The fourth-order valence-electron chi connectivity index (χ4n) is 3.50. The van der Waals surface area contributed by atoms with Crippen LogP contribution in [0.1, 0.15) is 32.1 Å². The number of alkyl halides is 2. The molecule has 0 radical (unpaired) electrons. The highest BCUT2D eigenvalue weighted by Gasteiger charge is 2.42. The highest BCUT2D eigenvalue weighted by molar-refractivity contribution is 5.97. The summed E-state index contributed by atoms with van der Waals surface area (Å²) in [5, 5.41) is 7.99. The number of carbonyl (C=O) groups is 2. The van der Waals surface area contributed by atoms with Gasteiger partial charge >= 0.3 is 0 Å². The molecule has 1 aromatic rings. The van der Waals surface area contributed by atoms with Gasteiger partial charge in [-0.25, -0.2) is 8.78 Å². The molecule has 148 valence electrons. The smallest absolute Gasteiger partial charge is 0.262 e. The third-order valence-corrected chi connectivity index (χ3v) is 4.91. The summed E-state index contributed by atoms with van der Waals surface area (Å²) < 4.78 is 26.5. The molecular weight excluding hydrogens is 354 g/mol. The number of anilines is 2. The van der Waals surface area contributed by atoms with Crippen LogP contribution in [0.3, 0.4) is 0 Å². The van der Waals surface area contributed by atoms with Gasteiger partial charge in [-0.05, 0) is 44.1 Å². The molecule has 3 N–H and O–H groups in total. The van der Waals surface area contributed by atoms with Crippen molar-refractivity contribution >= 4 is 23.2 Å². The minimum Gasteiger partial charge on any atom is -0.325 e. The largest absolute Gasteiger partial charge is 0.325 e. The normalized spacial score (nSPS) is 22.8. The van der Waals surface area contributed by atoms with E-state index >= 15 is 0 Å². The maximum Gasteiger partial charge on any atom is 0.262 e. The Morgan fingerprint density at radius 2 is 1.78 bits per heavy atom. The lowest BCUT2D eigenvalue weighted by atomic mass is 10.1. The third kappa shape index (κ3) is 5.97. The van der Waals surface area contributed by atoms with Crippen molar-refractivity contribution in [2.75, 3.05) is 36.8 Å². The first kappa shape index (κ1) is 19.7. The Kier molecular flexibility index (Phi) is 6.38. The van der Waals surface area contributed by atoms with Crippen molar-refractivity contribution in [3.8, 4) is 0 Å². The van der Waals surface area contributed by atoms with Crippen LogP contribution >= 0.6 is 0 Å². The minimum atomic E-state index is -2.86. The van der Waals surface area contributed by atoms with Gasteiger partial charge in [0.05, 0.1) is 19.1 Å². The van der Waals surface area contributed by atoms with Gasteiger partial charge in [-0.15, -0.1) is 0 Å². The number of hydrogen-bond acceptors (Lipinski definition) is 4. The summed E-state index contributed by atoms with van der Waals surface area (Å²) in [5.41, 5.74) is 1.03. The lowest BCUT2D eigenvalue weighted by molar-refractivity contribution is -0.118. The molecule has 2 amide bonds. The average molecular weight is 380 g/mol. The van der Waals surface area contributed by atoms with E-state index < -0.39 is 30.8 Å². The molecule has 3 rings (SSSR count). The predicted molar refractivity (Wildman–Crippen MR) is 100.0 cm³/mol. The van der Waals surface area contributed by atoms with E-state index in [0.29, 0.717) is 17.9 Å². The van der Waals surface area contributed by atoms with Crippen LogP contribution < -0.4 is 16.0 Å². The second kappa shape index (κ2) is 8.75. The molecule has 2 fully saturated rings. The molecule has 1 aromatic carbocycles. The molecule has 0 bridgehead atoms. The third-order valence-electron chi connectivity index (χ3n) is 4.91. The fraction of sp³-hybridized carbons (Fsp3) is 0.579. The van der Waals surface area contributed by atoms with E-state index in [4.69, 9.17) is 0 Å². The number of carbonyl (C=O) groups excluding carboxylic acids is 2. The number of likely N-dealkylation sites (tertiary alicyclic amines) is 1. The standard InChI is InChI=1S/C19H26F2N4O2/c20-19(21)11-16(22-13-19)18(27)24-15-7-5-6-14(10-15)23-17(26)12-25-8-3-1-2-4-9-25/h5-7,10,16,22H,1-4,8-9,11-13H2,(H,23,26)(H,24,27). The second-order valence-corrected chi connectivity index (χ2v) is 7.30. The van der Waals surface area contributed by atoms with Gasteiger partial charge in [0.1, 0.15) is 0 Å². The van der Waals surface area contributed by atoms with Crippen molar-refractivity contribution in [1.29, 1.82) is 0 Å². The van der Waals surface area contributed by atoms with E-state index in [1.807, 2.05) is 0 Å². The van der Waals surface area contributed by atoms with Crippen LogP contribution in [0.4, 0.5) is 20.2 Å². The monoisotopic (exact) mass is 380 g/mol. The lowest BCUT2D eigenvalue weighted by Crippen LogP contribution is -2.35. The van der Waals surface area contributed by atoms with Crippen molar-refractivity contribution in [3.05, 3.63) is 24.3 Å². The van der Waals surface area contributed by atoms with E-state index in [1.54, 1.807) is 24.3 Å². The number of nitrogens with one attached hydrogen (secondary N) is 3. The Morgan fingerprint density at radius 3 is 2.41 bits per heavy atom. The number of benzene rings is 1. The maximum atomic E-state index is 13.2. The Bertz CT molecular complexity index is 675. The summed E-state index contributed by atoms with van der Waals surface area (Å²) in [6.45, 7) is 1.72. The zero-order valence-electron chi connectivity index (χ0n) is 15.3. The number of amides is 2. The number of hydrogen-bond donors (Lipinski definition) is 3. The van der Waals surface area contributed by atoms with Gasteiger partial charge in [0.2, 0.25) is 11.8 Å². The highest BCUT2D eigenvalue weighted by atomic mass is 19.3.